The van der Waals surface area contributed by atoms with Crippen LogP contribution in [0.2, 0.25) is 0 Å². The van der Waals surface area contributed by atoms with E-state index in [2.05, 4.69) is 4.90 Å². The SMILES string of the molecule is COC(=O)C(C)CN(CCCN(C)C)C(=O)c1ccc(OC)c(OC)c1. The molecule has 0 spiro atoms. The van der Waals surface area contributed by atoms with Crippen LogP contribution in [0.3, 0.4) is 0 Å². The fourth-order valence-electron chi connectivity index (χ4n) is 2.61. The molecule has 0 radical (unpaired) electrons. The van der Waals surface area contributed by atoms with E-state index in [1.807, 2.05) is 14.1 Å². The Balaban J connectivity index is 2.99. The first-order valence-corrected chi connectivity index (χ1v) is 8.57. The molecular weight excluding hydrogens is 336 g/mol. The first kappa shape index (κ1) is 21.8. The Labute approximate surface area is 155 Å². The number of ether oxygens (including phenoxy) is 3. The number of esters is 1. The first-order valence-electron chi connectivity index (χ1n) is 8.57. The number of carbonyl (C=O) groups is 2. The van der Waals surface area contributed by atoms with Crippen LogP contribution in [0.5, 0.6) is 11.5 Å². The molecule has 0 aliphatic heterocycles. The number of hydrogen-bond acceptors (Lipinski definition) is 6. The van der Waals surface area contributed by atoms with Crippen molar-refractivity contribution in [3.8, 4) is 11.5 Å². The predicted octanol–water partition coefficient (Wildman–Crippen LogP) is 1.91. The van der Waals surface area contributed by atoms with E-state index in [0.29, 0.717) is 30.2 Å². The van der Waals surface area contributed by atoms with Crippen molar-refractivity contribution >= 4 is 11.9 Å². The highest BCUT2D eigenvalue weighted by Crippen LogP contribution is 2.28. The second-order valence-electron chi connectivity index (χ2n) is 6.40. The highest BCUT2D eigenvalue weighted by atomic mass is 16.5. The molecule has 0 bridgehead atoms. The van der Waals surface area contributed by atoms with Gasteiger partial charge in [0, 0.05) is 18.7 Å². The molecule has 26 heavy (non-hydrogen) atoms. The van der Waals surface area contributed by atoms with Crippen LogP contribution in [0.25, 0.3) is 0 Å². The van der Waals surface area contributed by atoms with E-state index in [4.69, 9.17) is 14.2 Å². The largest absolute Gasteiger partial charge is 0.493 e. The smallest absolute Gasteiger partial charge is 0.310 e. The second-order valence-corrected chi connectivity index (χ2v) is 6.40. The summed E-state index contributed by atoms with van der Waals surface area (Å²) in [5, 5.41) is 0. The van der Waals surface area contributed by atoms with E-state index in [-0.39, 0.29) is 11.9 Å². The van der Waals surface area contributed by atoms with E-state index in [1.165, 1.54) is 14.2 Å². The quantitative estimate of drug-likeness (QED) is 0.589. The lowest BCUT2D eigenvalue weighted by atomic mass is 10.1. The summed E-state index contributed by atoms with van der Waals surface area (Å²) in [6.45, 7) is 3.45. The lowest BCUT2D eigenvalue weighted by Crippen LogP contribution is -2.38. The van der Waals surface area contributed by atoms with Gasteiger partial charge in [0.05, 0.1) is 27.2 Å². The summed E-state index contributed by atoms with van der Waals surface area (Å²) in [6, 6.07) is 5.06. The van der Waals surface area contributed by atoms with Crippen LogP contribution >= 0.6 is 0 Å². The van der Waals surface area contributed by atoms with Gasteiger partial charge in [-0.25, -0.2) is 0 Å². The summed E-state index contributed by atoms with van der Waals surface area (Å²) in [6.07, 6.45) is 0.805. The molecule has 1 amide bonds. The zero-order chi connectivity index (χ0) is 19.7. The molecule has 0 aromatic heterocycles. The summed E-state index contributed by atoms with van der Waals surface area (Å²) < 4.78 is 15.3. The van der Waals surface area contributed by atoms with Gasteiger partial charge in [-0.1, -0.05) is 6.92 Å². The third kappa shape index (κ3) is 6.22. The molecule has 0 aliphatic rings. The Bertz CT molecular complexity index is 604. The molecule has 1 aromatic carbocycles. The number of benzene rings is 1. The summed E-state index contributed by atoms with van der Waals surface area (Å²) in [4.78, 5) is 28.5. The maximum absolute atomic E-state index is 13.0. The van der Waals surface area contributed by atoms with Crippen LogP contribution in [0.4, 0.5) is 0 Å². The minimum atomic E-state index is -0.400. The maximum atomic E-state index is 13.0. The average Bonchev–Trinajstić information content (AvgIpc) is 2.64. The second kappa shape index (κ2) is 10.7. The van der Waals surface area contributed by atoms with Crippen LogP contribution in [-0.2, 0) is 9.53 Å². The van der Waals surface area contributed by atoms with Gasteiger partial charge in [0.1, 0.15) is 0 Å². The molecule has 1 aromatic rings. The molecule has 7 nitrogen and oxygen atoms in total. The Hall–Kier alpha value is -2.28. The number of nitrogens with zero attached hydrogens (tertiary/aromatic N) is 2. The minimum Gasteiger partial charge on any atom is -0.493 e. The van der Waals surface area contributed by atoms with E-state index >= 15 is 0 Å². The van der Waals surface area contributed by atoms with Gasteiger partial charge in [-0.05, 0) is 45.3 Å². The molecule has 0 saturated carbocycles. The van der Waals surface area contributed by atoms with Crippen LogP contribution in [0.15, 0.2) is 18.2 Å². The van der Waals surface area contributed by atoms with E-state index in [1.54, 1.807) is 37.1 Å². The zero-order valence-electron chi connectivity index (χ0n) is 16.6. The Morgan fingerprint density at radius 1 is 1.04 bits per heavy atom. The zero-order valence-corrected chi connectivity index (χ0v) is 16.6. The third-order valence-corrected chi connectivity index (χ3v) is 4.05. The first-order chi connectivity index (χ1) is 12.3. The molecular formula is C19H30N2O5. The van der Waals surface area contributed by atoms with Gasteiger partial charge < -0.3 is 24.0 Å². The molecule has 146 valence electrons. The minimum absolute atomic E-state index is 0.152. The maximum Gasteiger partial charge on any atom is 0.310 e. The third-order valence-electron chi connectivity index (χ3n) is 4.05. The molecule has 1 unspecified atom stereocenters. The summed E-state index contributed by atoms with van der Waals surface area (Å²) in [5.74, 6) is 0.172. The molecule has 1 atom stereocenters. The van der Waals surface area contributed by atoms with Gasteiger partial charge in [-0.15, -0.1) is 0 Å². The molecule has 0 fully saturated rings. The lowest BCUT2D eigenvalue weighted by Gasteiger charge is -2.26. The van der Waals surface area contributed by atoms with Crippen LogP contribution in [0, 0.1) is 5.92 Å². The summed E-state index contributed by atoms with van der Waals surface area (Å²) >= 11 is 0. The Kier molecular flexibility index (Phi) is 8.92. The molecule has 0 heterocycles. The predicted molar refractivity (Wildman–Crippen MR) is 99.8 cm³/mol. The van der Waals surface area contributed by atoms with Gasteiger partial charge in [-0.2, -0.15) is 0 Å². The number of amides is 1. The topological polar surface area (TPSA) is 68.3 Å². The highest BCUT2D eigenvalue weighted by molar-refractivity contribution is 5.95. The van der Waals surface area contributed by atoms with Crippen LogP contribution in [-0.4, -0.2) is 76.7 Å². The van der Waals surface area contributed by atoms with Crippen molar-refractivity contribution in [3.63, 3.8) is 0 Å². The van der Waals surface area contributed by atoms with E-state index in [0.717, 1.165) is 13.0 Å². The Morgan fingerprint density at radius 3 is 2.23 bits per heavy atom. The van der Waals surface area contributed by atoms with Crippen molar-refractivity contribution in [1.29, 1.82) is 0 Å². The van der Waals surface area contributed by atoms with Crippen molar-refractivity contribution in [1.82, 2.24) is 9.80 Å². The summed E-state index contributed by atoms with van der Waals surface area (Å²) in [7, 11) is 8.39. The molecule has 0 aliphatic carbocycles. The monoisotopic (exact) mass is 366 g/mol. The van der Waals surface area contributed by atoms with Gasteiger partial charge in [0.25, 0.3) is 5.91 Å². The van der Waals surface area contributed by atoms with Gasteiger partial charge in [0.15, 0.2) is 11.5 Å². The fraction of sp³-hybridized carbons (Fsp3) is 0.579. The van der Waals surface area contributed by atoms with Gasteiger partial charge in [-0.3, -0.25) is 9.59 Å². The summed E-state index contributed by atoms with van der Waals surface area (Å²) in [5.41, 5.74) is 0.490. The van der Waals surface area contributed by atoms with Gasteiger partial charge >= 0.3 is 5.97 Å². The molecule has 7 heteroatoms. The lowest BCUT2D eigenvalue weighted by molar-refractivity contribution is -0.145. The van der Waals surface area contributed by atoms with Crippen molar-refractivity contribution < 1.29 is 23.8 Å². The molecule has 0 saturated heterocycles. The van der Waals surface area contributed by atoms with Gasteiger partial charge in [0.2, 0.25) is 0 Å². The van der Waals surface area contributed by atoms with E-state index in [9.17, 15) is 9.59 Å². The number of hydrogen-bond donors (Lipinski definition) is 0. The van der Waals surface area contributed by atoms with Crippen molar-refractivity contribution in [2.75, 3.05) is 55.1 Å². The number of carbonyl (C=O) groups excluding carboxylic acids is 2. The molecule has 1 rings (SSSR count). The average molecular weight is 366 g/mol. The highest BCUT2D eigenvalue weighted by Gasteiger charge is 2.23. The normalized spacial score (nSPS) is 11.8. The molecule has 0 N–H and O–H groups in total. The van der Waals surface area contributed by atoms with Crippen molar-refractivity contribution in [2.45, 2.75) is 13.3 Å². The number of methoxy groups -OCH3 is 3. The standard InChI is InChI=1S/C19H30N2O5/c1-14(19(23)26-6)13-21(11-7-10-20(2)3)18(22)15-8-9-16(24-4)17(12-15)25-5/h8-9,12,14H,7,10-11,13H2,1-6H3. The van der Waals surface area contributed by atoms with E-state index < -0.39 is 5.92 Å². The van der Waals surface area contributed by atoms with Crippen molar-refractivity contribution in [2.24, 2.45) is 5.92 Å². The van der Waals surface area contributed by atoms with Crippen LogP contribution in [0.1, 0.15) is 23.7 Å². The van der Waals surface area contributed by atoms with Crippen LogP contribution < -0.4 is 9.47 Å². The van der Waals surface area contributed by atoms with Crippen molar-refractivity contribution in [3.05, 3.63) is 23.8 Å². The Morgan fingerprint density at radius 2 is 1.69 bits per heavy atom. The number of rotatable bonds is 10. The fourth-order valence-corrected chi connectivity index (χ4v) is 2.61.